The zero-order valence-corrected chi connectivity index (χ0v) is 21.2. The van der Waals surface area contributed by atoms with E-state index in [-0.39, 0.29) is 0 Å². The molecule has 7 aromatic rings. The second kappa shape index (κ2) is 8.11. The molecule has 1 aliphatic heterocycles. The standard InChI is InChI=1S/C35H20N2S/c36-21-22-9-11-23(12-10-22)26-17-13-24-15-19-28-29(20-16-25-14-18-27(26)34(24)35(25)28)37-30-5-1-3-7-32(30)38-33-8-4-2-6-31(33)37/h1-20H. The third kappa shape index (κ3) is 3.02. The predicted molar refractivity (Wildman–Crippen MR) is 159 cm³/mol. The van der Waals surface area contributed by atoms with Gasteiger partial charge in [0.15, 0.2) is 0 Å². The Bertz CT molecular complexity index is 2020. The van der Waals surface area contributed by atoms with Crippen molar-refractivity contribution in [1.29, 1.82) is 5.26 Å². The summed E-state index contributed by atoms with van der Waals surface area (Å²) in [6.07, 6.45) is 0. The highest BCUT2D eigenvalue weighted by Gasteiger charge is 2.26. The molecule has 1 aliphatic rings. The molecule has 2 nitrogen and oxygen atoms in total. The van der Waals surface area contributed by atoms with Crippen LogP contribution in [0.4, 0.5) is 17.1 Å². The molecule has 176 valence electrons. The molecule has 38 heavy (non-hydrogen) atoms. The van der Waals surface area contributed by atoms with E-state index in [4.69, 9.17) is 0 Å². The highest BCUT2D eigenvalue weighted by Crippen LogP contribution is 2.53. The monoisotopic (exact) mass is 500 g/mol. The van der Waals surface area contributed by atoms with Gasteiger partial charge in [-0.05, 0) is 80.5 Å². The second-order valence-corrected chi connectivity index (χ2v) is 10.8. The normalized spacial score (nSPS) is 12.6. The van der Waals surface area contributed by atoms with Crippen LogP contribution in [0.1, 0.15) is 5.56 Å². The summed E-state index contributed by atoms with van der Waals surface area (Å²) in [7, 11) is 0. The smallest absolute Gasteiger partial charge is 0.0991 e. The molecular formula is C35H20N2S. The Balaban J connectivity index is 1.43. The zero-order chi connectivity index (χ0) is 25.2. The van der Waals surface area contributed by atoms with E-state index >= 15 is 0 Å². The van der Waals surface area contributed by atoms with E-state index in [2.05, 4.69) is 120 Å². The van der Waals surface area contributed by atoms with Crippen molar-refractivity contribution in [2.45, 2.75) is 9.79 Å². The molecule has 0 fully saturated rings. The maximum absolute atomic E-state index is 9.26. The summed E-state index contributed by atoms with van der Waals surface area (Å²) < 4.78 is 0. The van der Waals surface area contributed by atoms with Crippen LogP contribution in [-0.2, 0) is 0 Å². The van der Waals surface area contributed by atoms with Gasteiger partial charge in [0.2, 0.25) is 0 Å². The van der Waals surface area contributed by atoms with Crippen LogP contribution in [0.3, 0.4) is 0 Å². The van der Waals surface area contributed by atoms with Crippen LogP contribution in [0.15, 0.2) is 131 Å². The van der Waals surface area contributed by atoms with Crippen LogP contribution in [-0.4, -0.2) is 0 Å². The maximum atomic E-state index is 9.26. The van der Waals surface area contributed by atoms with E-state index < -0.39 is 0 Å². The molecule has 8 rings (SSSR count). The van der Waals surface area contributed by atoms with Gasteiger partial charge in [-0.15, -0.1) is 0 Å². The van der Waals surface area contributed by atoms with Crippen LogP contribution in [0, 0.1) is 11.3 Å². The first-order valence-electron chi connectivity index (χ1n) is 12.7. The number of hydrogen-bond donors (Lipinski definition) is 0. The SMILES string of the molecule is N#Cc1ccc(-c2ccc3ccc4c(N5c6ccccc6Sc6ccccc65)ccc5ccc2c3c54)cc1. The third-order valence-corrected chi connectivity index (χ3v) is 8.77. The Labute approximate surface area is 224 Å². The summed E-state index contributed by atoms with van der Waals surface area (Å²) in [4.78, 5) is 4.95. The molecule has 0 aliphatic carbocycles. The summed E-state index contributed by atoms with van der Waals surface area (Å²) in [5.41, 5.74) is 6.60. The Morgan fingerprint density at radius 1 is 0.526 bits per heavy atom. The van der Waals surface area contributed by atoms with Gasteiger partial charge in [-0.2, -0.15) is 5.26 Å². The van der Waals surface area contributed by atoms with Crippen molar-refractivity contribution in [3.05, 3.63) is 127 Å². The van der Waals surface area contributed by atoms with Crippen molar-refractivity contribution in [3.8, 4) is 17.2 Å². The van der Waals surface area contributed by atoms with Crippen molar-refractivity contribution in [2.75, 3.05) is 4.90 Å². The Morgan fingerprint density at radius 3 is 1.79 bits per heavy atom. The topological polar surface area (TPSA) is 27.0 Å². The highest BCUT2D eigenvalue weighted by molar-refractivity contribution is 7.99. The van der Waals surface area contributed by atoms with Gasteiger partial charge >= 0.3 is 0 Å². The third-order valence-electron chi connectivity index (χ3n) is 7.64. The summed E-state index contributed by atoms with van der Waals surface area (Å²) in [5.74, 6) is 0. The van der Waals surface area contributed by atoms with Crippen LogP contribution in [0.2, 0.25) is 0 Å². The number of benzene rings is 7. The summed E-state index contributed by atoms with van der Waals surface area (Å²) in [6, 6.07) is 45.5. The van der Waals surface area contributed by atoms with Gasteiger partial charge in [-0.1, -0.05) is 90.6 Å². The number of anilines is 3. The molecule has 7 aromatic carbocycles. The van der Waals surface area contributed by atoms with E-state index in [0.717, 1.165) is 5.56 Å². The Hall–Kier alpha value is -4.78. The number of nitriles is 1. The molecule has 1 heterocycles. The van der Waals surface area contributed by atoms with E-state index in [1.807, 2.05) is 23.9 Å². The quantitative estimate of drug-likeness (QED) is 0.221. The summed E-state index contributed by atoms with van der Waals surface area (Å²) in [6.45, 7) is 0. The summed E-state index contributed by atoms with van der Waals surface area (Å²) >= 11 is 1.83. The fourth-order valence-electron chi connectivity index (χ4n) is 5.92. The molecule has 3 heteroatoms. The molecule has 0 aromatic heterocycles. The molecule has 0 atom stereocenters. The minimum absolute atomic E-state index is 0.677. The fourth-order valence-corrected chi connectivity index (χ4v) is 6.98. The van der Waals surface area contributed by atoms with Gasteiger partial charge in [0.05, 0.1) is 28.7 Å². The molecular weight excluding hydrogens is 480 g/mol. The molecule has 0 unspecified atom stereocenters. The van der Waals surface area contributed by atoms with Gasteiger partial charge in [0.25, 0.3) is 0 Å². The second-order valence-electron chi connectivity index (χ2n) is 9.68. The van der Waals surface area contributed by atoms with Gasteiger partial charge in [0, 0.05) is 15.2 Å². The summed E-state index contributed by atoms with van der Waals surface area (Å²) in [5, 5.41) is 16.8. The zero-order valence-electron chi connectivity index (χ0n) is 20.3. The van der Waals surface area contributed by atoms with Gasteiger partial charge < -0.3 is 4.90 Å². The minimum Gasteiger partial charge on any atom is -0.308 e. The Morgan fingerprint density at radius 2 is 1.11 bits per heavy atom. The van der Waals surface area contributed by atoms with Crippen molar-refractivity contribution >= 4 is 61.1 Å². The van der Waals surface area contributed by atoms with E-state index in [9.17, 15) is 5.26 Å². The average Bonchev–Trinajstić information content (AvgIpc) is 2.98. The molecule has 0 N–H and O–H groups in total. The van der Waals surface area contributed by atoms with E-state index in [1.54, 1.807) is 0 Å². The van der Waals surface area contributed by atoms with Crippen molar-refractivity contribution in [2.24, 2.45) is 0 Å². The van der Waals surface area contributed by atoms with Crippen LogP contribution >= 0.6 is 11.8 Å². The largest absolute Gasteiger partial charge is 0.308 e. The van der Waals surface area contributed by atoms with E-state index in [0.29, 0.717) is 5.56 Å². The molecule has 0 amide bonds. The van der Waals surface area contributed by atoms with Gasteiger partial charge in [0.1, 0.15) is 0 Å². The van der Waals surface area contributed by atoms with E-state index in [1.165, 1.54) is 64.7 Å². The molecule has 0 bridgehead atoms. The number of fused-ring (bicyclic) bond motifs is 2. The highest BCUT2D eigenvalue weighted by atomic mass is 32.2. The average molecular weight is 501 g/mol. The van der Waals surface area contributed by atoms with Gasteiger partial charge in [-0.3, -0.25) is 0 Å². The lowest BCUT2D eigenvalue weighted by atomic mass is 9.89. The Kier molecular flexibility index (Phi) is 4.55. The van der Waals surface area contributed by atoms with Crippen LogP contribution < -0.4 is 4.90 Å². The first-order valence-corrected chi connectivity index (χ1v) is 13.5. The minimum atomic E-state index is 0.677. The van der Waals surface area contributed by atoms with Gasteiger partial charge in [-0.25, -0.2) is 0 Å². The van der Waals surface area contributed by atoms with Crippen LogP contribution in [0.25, 0.3) is 43.4 Å². The number of hydrogen-bond acceptors (Lipinski definition) is 3. The number of nitrogens with zero attached hydrogens (tertiary/aromatic N) is 2. The fraction of sp³-hybridized carbons (Fsp3) is 0. The lowest BCUT2D eigenvalue weighted by molar-refractivity contribution is 1.17. The van der Waals surface area contributed by atoms with Crippen molar-refractivity contribution < 1.29 is 0 Å². The molecule has 0 radical (unpaired) electrons. The maximum Gasteiger partial charge on any atom is 0.0991 e. The van der Waals surface area contributed by atoms with Crippen LogP contribution in [0.5, 0.6) is 0 Å². The molecule has 0 spiro atoms. The van der Waals surface area contributed by atoms with Crippen molar-refractivity contribution in [3.63, 3.8) is 0 Å². The number of para-hydroxylation sites is 2. The lowest BCUT2D eigenvalue weighted by Crippen LogP contribution is -2.15. The molecule has 0 saturated carbocycles. The first kappa shape index (κ1) is 21.3. The molecule has 0 saturated heterocycles. The first-order chi connectivity index (χ1) is 18.8. The predicted octanol–water partition coefficient (Wildman–Crippen LogP) is 10.1. The van der Waals surface area contributed by atoms with Crippen molar-refractivity contribution in [1.82, 2.24) is 0 Å². The number of rotatable bonds is 2. The lowest BCUT2D eigenvalue weighted by Gasteiger charge is -2.34.